The molecule has 0 aliphatic carbocycles. The first kappa shape index (κ1) is 12.5. The van der Waals surface area contributed by atoms with Gasteiger partial charge in [-0.2, -0.15) is 0 Å². The van der Waals surface area contributed by atoms with E-state index < -0.39 is 0 Å². The molecule has 3 heteroatoms. The first-order valence-corrected chi connectivity index (χ1v) is 5.76. The molecule has 1 amide bonds. The van der Waals surface area contributed by atoms with Crippen LogP contribution in [0.25, 0.3) is 0 Å². The topological polar surface area (TPSA) is 40.5 Å². The van der Waals surface area contributed by atoms with E-state index in [0.29, 0.717) is 25.3 Å². The molecule has 0 aromatic carbocycles. The molecule has 15 heavy (non-hydrogen) atoms. The van der Waals surface area contributed by atoms with Gasteiger partial charge in [-0.05, 0) is 24.7 Å². The number of nitrogens with zero attached hydrogens (tertiary/aromatic N) is 1. The molecule has 1 aliphatic rings. The molecule has 1 heterocycles. The van der Waals surface area contributed by atoms with Crippen molar-refractivity contribution in [2.24, 2.45) is 11.3 Å². The lowest BCUT2D eigenvalue weighted by molar-refractivity contribution is -0.128. The SMILES string of the molecule is CC(O)CCN1CC(C(C)(C)C)CC1=O. The Balaban J connectivity index is 2.46. The second-order valence-electron chi connectivity index (χ2n) is 5.74. The van der Waals surface area contributed by atoms with Gasteiger partial charge >= 0.3 is 0 Å². The summed E-state index contributed by atoms with van der Waals surface area (Å²) in [5.41, 5.74) is 0.204. The number of carbonyl (C=O) groups excluding carboxylic acids is 1. The molecule has 0 bridgehead atoms. The van der Waals surface area contributed by atoms with Crippen molar-refractivity contribution in [2.75, 3.05) is 13.1 Å². The fourth-order valence-corrected chi connectivity index (χ4v) is 1.91. The largest absolute Gasteiger partial charge is 0.393 e. The maximum absolute atomic E-state index is 11.7. The highest BCUT2D eigenvalue weighted by Gasteiger charge is 2.36. The Hall–Kier alpha value is -0.570. The molecule has 0 saturated carbocycles. The minimum Gasteiger partial charge on any atom is -0.393 e. The second-order valence-corrected chi connectivity index (χ2v) is 5.74. The first-order chi connectivity index (χ1) is 6.80. The molecule has 2 atom stereocenters. The van der Waals surface area contributed by atoms with E-state index in [2.05, 4.69) is 20.8 Å². The Morgan fingerprint density at radius 2 is 2.13 bits per heavy atom. The zero-order valence-corrected chi connectivity index (χ0v) is 10.3. The summed E-state index contributed by atoms with van der Waals surface area (Å²) in [6, 6.07) is 0. The maximum atomic E-state index is 11.7. The number of likely N-dealkylation sites (tertiary alicyclic amines) is 1. The van der Waals surface area contributed by atoms with E-state index in [0.717, 1.165) is 6.54 Å². The van der Waals surface area contributed by atoms with Crippen LogP contribution in [-0.2, 0) is 4.79 Å². The predicted octanol–water partition coefficient (Wildman–Crippen LogP) is 1.65. The number of rotatable bonds is 3. The zero-order valence-electron chi connectivity index (χ0n) is 10.3. The zero-order chi connectivity index (χ0) is 11.6. The summed E-state index contributed by atoms with van der Waals surface area (Å²) < 4.78 is 0. The fraction of sp³-hybridized carbons (Fsp3) is 0.917. The van der Waals surface area contributed by atoms with E-state index in [1.165, 1.54) is 0 Å². The van der Waals surface area contributed by atoms with Crippen LogP contribution in [0.1, 0.15) is 40.5 Å². The van der Waals surface area contributed by atoms with E-state index in [1.807, 2.05) is 4.90 Å². The lowest BCUT2D eigenvalue weighted by Crippen LogP contribution is -2.30. The molecule has 3 nitrogen and oxygen atoms in total. The molecule has 88 valence electrons. The molecular formula is C12H23NO2. The van der Waals surface area contributed by atoms with Crippen molar-refractivity contribution >= 4 is 5.91 Å². The minimum atomic E-state index is -0.313. The van der Waals surface area contributed by atoms with Crippen LogP contribution in [0.2, 0.25) is 0 Å². The molecular weight excluding hydrogens is 190 g/mol. The Labute approximate surface area is 92.5 Å². The molecule has 0 radical (unpaired) electrons. The number of hydrogen-bond donors (Lipinski definition) is 1. The first-order valence-electron chi connectivity index (χ1n) is 5.76. The third-order valence-electron chi connectivity index (χ3n) is 3.26. The summed E-state index contributed by atoms with van der Waals surface area (Å²) in [5, 5.41) is 9.19. The van der Waals surface area contributed by atoms with Crippen molar-refractivity contribution in [3.05, 3.63) is 0 Å². The molecule has 1 rings (SSSR count). The molecule has 1 fully saturated rings. The van der Waals surface area contributed by atoms with Gasteiger partial charge in [0.2, 0.25) is 5.91 Å². The van der Waals surface area contributed by atoms with Crippen molar-refractivity contribution < 1.29 is 9.90 Å². The Kier molecular flexibility index (Phi) is 3.77. The Bertz CT molecular complexity index is 230. The normalized spacial score (nSPS) is 24.7. The molecule has 0 aromatic rings. The van der Waals surface area contributed by atoms with Crippen LogP contribution >= 0.6 is 0 Å². The van der Waals surface area contributed by atoms with Crippen LogP contribution in [0.5, 0.6) is 0 Å². The molecule has 2 unspecified atom stereocenters. The van der Waals surface area contributed by atoms with Gasteiger partial charge in [-0.25, -0.2) is 0 Å². The van der Waals surface area contributed by atoms with Gasteiger partial charge < -0.3 is 10.0 Å². The number of aliphatic hydroxyl groups excluding tert-OH is 1. The number of carbonyl (C=O) groups is 1. The van der Waals surface area contributed by atoms with Gasteiger partial charge in [0.1, 0.15) is 0 Å². The third kappa shape index (κ3) is 3.49. The van der Waals surface area contributed by atoms with Crippen LogP contribution in [0.3, 0.4) is 0 Å². The summed E-state index contributed by atoms with van der Waals surface area (Å²) in [6.07, 6.45) is 1.04. The number of aliphatic hydroxyl groups is 1. The molecule has 1 aliphatic heterocycles. The lowest BCUT2D eigenvalue weighted by atomic mass is 9.80. The molecule has 0 spiro atoms. The summed E-state index contributed by atoms with van der Waals surface area (Å²) in [7, 11) is 0. The van der Waals surface area contributed by atoms with E-state index in [4.69, 9.17) is 0 Å². The van der Waals surface area contributed by atoms with Crippen LogP contribution in [0.4, 0.5) is 0 Å². The third-order valence-corrected chi connectivity index (χ3v) is 3.26. The Morgan fingerprint density at radius 1 is 1.53 bits per heavy atom. The highest BCUT2D eigenvalue weighted by atomic mass is 16.3. The monoisotopic (exact) mass is 213 g/mol. The fourth-order valence-electron chi connectivity index (χ4n) is 1.91. The molecule has 0 aromatic heterocycles. The predicted molar refractivity (Wildman–Crippen MR) is 60.4 cm³/mol. The van der Waals surface area contributed by atoms with E-state index in [1.54, 1.807) is 6.92 Å². The van der Waals surface area contributed by atoms with Gasteiger partial charge in [0.25, 0.3) is 0 Å². The van der Waals surface area contributed by atoms with Crippen molar-refractivity contribution in [1.29, 1.82) is 0 Å². The standard InChI is InChI=1S/C12H23NO2/c1-9(14)5-6-13-8-10(7-11(13)15)12(2,3)4/h9-10,14H,5-8H2,1-4H3. The van der Waals surface area contributed by atoms with Gasteiger partial charge in [-0.15, -0.1) is 0 Å². The Morgan fingerprint density at radius 3 is 2.53 bits per heavy atom. The van der Waals surface area contributed by atoms with Crippen LogP contribution in [0.15, 0.2) is 0 Å². The van der Waals surface area contributed by atoms with Gasteiger partial charge in [0, 0.05) is 19.5 Å². The van der Waals surface area contributed by atoms with Gasteiger partial charge in [0.05, 0.1) is 6.10 Å². The second kappa shape index (κ2) is 4.52. The lowest BCUT2D eigenvalue weighted by Gasteiger charge is -2.26. The molecule has 1 saturated heterocycles. The van der Waals surface area contributed by atoms with E-state index >= 15 is 0 Å². The summed E-state index contributed by atoms with van der Waals surface area (Å²) in [4.78, 5) is 13.6. The van der Waals surface area contributed by atoms with Crippen molar-refractivity contribution in [2.45, 2.75) is 46.6 Å². The average Bonchev–Trinajstić information content (AvgIpc) is 2.42. The quantitative estimate of drug-likeness (QED) is 0.774. The summed E-state index contributed by atoms with van der Waals surface area (Å²) in [5.74, 6) is 0.703. The average molecular weight is 213 g/mol. The van der Waals surface area contributed by atoms with E-state index in [9.17, 15) is 9.90 Å². The smallest absolute Gasteiger partial charge is 0.222 e. The highest BCUT2D eigenvalue weighted by molar-refractivity contribution is 5.78. The van der Waals surface area contributed by atoms with Gasteiger partial charge in [-0.1, -0.05) is 20.8 Å². The number of hydrogen-bond acceptors (Lipinski definition) is 2. The van der Waals surface area contributed by atoms with Gasteiger partial charge in [0.15, 0.2) is 0 Å². The summed E-state index contributed by atoms with van der Waals surface area (Å²) >= 11 is 0. The van der Waals surface area contributed by atoms with Crippen molar-refractivity contribution in [3.63, 3.8) is 0 Å². The van der Waals surface area contributed by atoms with E-state index in [-0.39, 0.29) is 17.4 Å². The van der Waals surface area contributed by atoms with Crippen LogP contribution in [0, 0.1) is 11.3 Å². The highest BCUT2D eigenvalue weighted by Crippen LogP contribution is 2.34. The van der Waals surface area contributed by atoms with Crippen molar-refractivity contribution in [1.82, 2.24) is 4.90 Å². The van der Waals surface area contributed by atoms with Crippen LogP contribution < -0.4 is 0 Å². The van der Waals surface area contributed by atoms with Crippen LogP contribution in [-0.4, -0.2) is 35.1 Å². The molecule has 1 N–H and O–H groups in total. The minimum absolute atomic E-state index is 0.204. The van der Waals surface area contributed by atoms with Crippen molar-refractivity contribution in [3.8, 4) is 0 Å². The maximum Gasteiger partial charge on any atom is 0.222 e. The van der Waals surface area contributed by atoms with Gasteiger partial charge in [-0.3, -0.25) is 4.79 Å². The summed E-state index contributed by atoms with van der Waals surface area (Å²) in [6.45, 7) is 9.87. The number of amides is 1.